The van der Waals surface area contributed by atoms with Crippen molar-refractivity contribution in [2.24, 2.45) is 5.73 Å². The van der Waals surface area contributed by atoms with E-state index in [1.165, 1.54) is 0 Å². The lowest BCUT2D eigenvalue weighted by Gasteiger charge is -2.04. The summed E-state index contributed by atoms with van der Waals surface area (Å²) in [5.41, 5.74) is 7.89. The molecule has 3 rings (SSSR count). The first-order valence-electron chi connectivity index (χ1n) is 5.98. The summed E-state index contributed by atoms with van der Waals surface area (Å²) in [5, 5.41) is 0. The number of nitrogens with one attached hydrogen (secondary N) is 1. The third kappa shape index (κ3) is 1.82. The Balaban J connectivity index is 1.92. The molecule has 1 aliphatic heterocycles. The summed E-state index contributed by atoms with van der Waals surface area (Å²) in [4.78, 5) is 7.54. The molecular weight excluding hydrogens is 230 g/mol. The Kier molecular flexibility index (Phi) is 2.68. The van der Waals surface area contributed by atoms with Gasteiger partial charge >= 0.3 is 0 Å². The zero-order valence-electron chi connectivity index (χ0n) is 10.1. The summed E-state index contributed by atoms with van der Waals surface area (Å²) in [6.07, 6.45) is 2.65. The van der Waals surface area contributed by atoms with E-state index in [1.54, 1.807) is 6.20 Å². The van der Waals surface area contributed by atoms with Crippen molar-refractivity contribution in [3.05, 3.63) is 30.2 Å². The summed E-state index contributed by atoms with van der Waals surface area (Å²) in [7, 11) is 0. The van der Waals surface area contributed by atoms with Crippen LogP contribution in [0.2, 0.25) is 0 Å². The number of aromatic nitrogens is 2. The van der Waals surface area contributed by atoms with Crippen LogP contribution in [0.5, 0.6) is 11.5 Å². The minimum absolute atomic E-state index is 0.0484. The van der Waals surface area contributed by atoms with Crippen molar-refractivity contribution in [1.82, 2.24) is 9.97 Å². The fourth-order valence-electron chi connectivity index (χ4n) is 1.93. The van der Waals surface area contributed by atoms with Crippen LogP contribution in [0, 0.1) is 0 Å². The van der Waals surface area contributed by atoms with E-state index in [0.717, 1.165) is 35.0 Å². The van der Waals surface area contributed by atoms with Crippen LogP contribution in [0.3, 0.4) is 0 Å². The van der Waals surface area contributed by atoms with Crippen LogP contribution in [0.4, 0.5) is 0 Å². The molecule has 0 saturated carbocycles. The van der Waals surface area contributed by atoms with E-state index in [2.05, 4.69) is 9.97 Å². The number of ether oxygens (including phenoxy) is 2. The molecule has 5 heteroatoms. The summed E-state index contributed by atoms with van der Waals surface area (Å²) in [6.45, 7) is 2.32. The van der Waals surface area contributed by atoms with Gasteiger partial charge in [0.2, 0.25) is 6.79 Å². The van der Waals surface area contributed by atoms with Crippen molar-refractivity contribution in [1.29, 1.82) is 0 Å². The molecule has 2 heterocycles. The van der Waals surface area contributed by atoms with E-state index < -0.39 is 0 Å². The van der Waals surface area contributed by atoms with Gasteiger partial charge in [-0.25, -0.2) is 4.98 Å². The van der Waals surface area contributed by atoms with Gasteiger partial charge < -0.3 is 20.2 Å². The summed E-state index contributed by atoms with van der Waals surface area (Å²) >= 11 is 0. The van der Waals surface area contributed by atoms with E-state index in [-0.39, 0.29) is 12.8 Å². The largest absolute Gasteiger partial charge is 0.454 e. The third-order valence-electron chi connectivity index (χ3n) is 3.07. The maximum atomic E-state index is 5.94. The van der Waals surface area contributed by atoms with Crippen LogP contribution in [0.15, 0.2) is 24.4 Å². The fourth-order valence-corrected chi connectivity index (χ4v) is 1.93. The second-order valence-electron chi connectivity index (χ2n) is 4.26. The third-order valence-corrected chi connectivity index (χ3v) is 3.07. The second-order valence-corrected chi connectivity index (χ2v) is 4.26. The molecule has 0 amide bonds. The Hall–Kier alpha value is -2.01. The molecule has 1 unspecified atom stereocenters. The first-order chi connectivity index (χ1) is 8.78. The summed E-state index contributed by atoms with van der Waals surface area (Å²) in [5.74, 6) is 2.36. The molecular formula is C13H15N3O2. The number of imidazole rings is 1. The van der Waals surface area contributed by atoms with Gasteiger partial charge in [0.1, 0.15) is 5.82 Å². The molecule has 0 saturated heterocycles. The Morgan fingerprint density at radius 2 is 2.22 bits per heavy atom. The predicted molar refractivity (Wildman–Crippen MR) is 67.4 cm³/mol. The number of benzene rings is 1. The van der Waals surface area contributed by atoms with Gasteiger partial charge in [0.25, 0.3) is 0 Å². The molecule has 1 atom stereocenters. The topological polar surface area (TPSA) is 73.2 Å². The van der Waals surface area contributed by atoms with Crippen LogP contribution in [0.1, 0.15) is 25.2 Å². The van der Waals surface area contributed by atoms with Gasteiger partial charge in [0, 0.05) is 5.56 Å². The smallest absolute Gasteiger partial charge is 0.231 e. The Morgan fingerprint density at radius 3 is 3.06 bits per heavy atom. The maximum Gasteiger partial charge on any atom is 0.231 e. The van der Waals surface area contributed by atoms with Crippen molar-refractivity contribution < 1.29 is 9.47 Å². The molecule has 0 bridgehead atoms. The molecule has 0 spiro atoms. The number of rotatable bonds is 3. The van der Waals surface area contributed by atoms with Crippen molar-refractivity contribution in [2.75, 3.05) is 6.79 Å². The zero-order chi connectivity index (χ0) is 12.5. The minimum Gasteiger partial charge on any atom is -0.454 e. The lowest BCUT2D eigenvalue weighted by molar-refractivity contribution is 0.174. The number of nitrogens with zero attached hydrogens (tertiary/aromatic N) is 1. The summed E-state index contributed by atoms with van der Waals surface area (Å²) in [6, 6.07) is 5.77. The van der Waals surface area contributed by atoms with Gasteiger partial charge in [-0.15, -0.1) is 0 Å². The lowest BCUT2D eigenvalue weighted by atomic mass is 10.1. The highest BCUT2D eigenvalue weighted by Crippen LogP contribution is 2.35. The molecule has 1 aromatic carbocycles. The van der Waals surface area contributed by atoms with Gasteiger partial charge in [-0.05, 0) is 24.6 Å². The van der Waals surface area contributed by atoms with Crippen LogP contribution >= 0.6 is 0 Å². The Morgan fingerprint density at radius 1 is 1.39 bits per heavy atom. The molecule has 2 aromatic rings. The number of hydrogen-bond acceptors (Lipinski definition) is 4. The molecule has 5 nitrogen and oxygen atoms in total. The highest BCUT2D eigenvalue weighted by Gasteiger charge is 2.15. The number of nitrogens with two attached hydrogens (primary N) is 1. The number of H-pyrrole nitrogens is 1. The number of fused-ring (bicyclic) bond motifs is 1. The molecule has 1 aliphatic rings. The van der Waals surface area contributed by atoms with Crippen molar-refractivity contribution in [2.45, 2.75) is 19.4 Å². The van der Waals surface area contributed by atoms with E-state index in [1.807, 2.05) is 25.1 Å². The number of hydrogen-bond donors (Lipinski definition) is 2. The molecule has 1 aromatic heterocycles. The van der Waals surface area contributed by atoms with E-state index in [4.69, 9.17) is 15.2 Å². The van der Waals surface area contributed by atoms with Gasteiger partial charge in [-0.3, -0.25) is 0 Å². The van der Waals surface area contributed by atoms with Crippen LogP contribution < -0.4 is 15.2 Å². The van der Waals surface area contributed by atoms with Gasteiger partial charge in [0.15, 0.2) is 11.5 Å². The molecule has 94 valence electrons. The first kappa shape index (κ1) is 11.1. The van der Waals surface area contributed by atoms with E-state index in [0.29, 0.717) is 0 Å². The predicted octanol–water partition coefficient (Wildman–Crippen LogP) is 2.22. The van der Waals surface area contributed by atoms with E-state index >= 15 is 0 Å². The fraction of sp³-hybridized carbons (Fsp3) is 0.308. The average Bonchev–Trinajstić information content (AvgIpc) is 3.05. The van der Waals surface area contributed by atoms with Crippen molar-refractivity contribution in [3.8, 4) is 22.8 Å². The lowest BCUT2D eigenvalue weighted by Crippen LogP contribution is -2.10. The molecule has 0 radical (unpaired) electrons. The molecule has 0 aliphatic carbocycles. The first-order valence-corrected chi connectivity index (χ1v) is 5.98. The van der Waals surface area contributed by atoms with Gasteiger partial charge in [-0.2, -0.15) is 0 Å². The highest BCUT2D eigenvalue weighted by molar-refractivity contribution is 5.64. The van der Waals surface area contributed by atoms with Crippen LogP contribution in [-0.4, -0.2) is 16.8 Å². The molecule has 18 heavy (non-hydrogen) atoms. The molecule has 3 N–H and O–H groups in total. The Labute approximate surface area is 105 Å². The Bertz CT molecular complexity index is 565. The van der Waals surface area contributed by atoms with Gasteiger partial charge in [0.05, 0.1) is 17.9 Å². The monoisotopic (exact) mass is 245 g/mol. The number of aromatic amines is 1. The second kappa shape index (κ2) is 4.34. The SMILES string of the molecule is CCC(N)c1ncc(-c2ccc3c(c2)OCO3)[nH]1. The average molecular weight is 245 g/mol. The minimum atomic E-state index is -0.0484. The van der Waals surface area contributed by atoms with Gasteiger partial charge in [-0.1, -0.05) is 6.92 Å². The zero-order valence-corrected chi connectivity index (χ0v) is 10.1. The van der Waals surface area contributed by atoms with Crippen LogP contribution in [0.25, 0.3) is 11.3 Å². The standard InChI is InChI=1S/C13H15N3O2/c1-2-9(14)13-15-6-10(16-13)8-3-4-11-12(5-8)18-7-17-11/h3-6,9H,2,7,14H2,1H3,(H,15,16). The quantitative estimate of drug-likeness (QED) is 0.869. The van der Waals surface area contributed by atoms with E-state index in [9.17, 15) is 0 Å². The molecule has 0 fully saturated rings. The highest BCUT2D eigenvalue weighted by atomic mass is 16.7. The maximum absolute atomic E-state index is 5.94. The normalized spacial score (nSPS) is 14.8. The van der Waals surface area contributed by atoms with Crippen molar-refractivity contribution in [3.63, 3.8) is 0 Å². The van der Waals surface area contributed by atoms with Crippen LogP contribution in [-0.2, 0) is 0 Å². The van der Waals surface area contributed by atoms with Crippen molar-refractivity contribution >= 4 is 0 Å². The summed E-state index contributed by atoms with van der Waals surface area (Å²) < 4.78 is 10.6.